The summed E-state index contributed by atoms with van der Waals surface area (Å²) in [5, 5.41) is 0. The van der Waals surface area contributed by atoms with Crippen molar-refractivity contribution in [3.8, 4) is 5.75 Å². The number of ether oxygens (including phenoxy) is 2. The van der Waals surface area contributed by atoms with Crippen LogP contribution in [0.5, 0.6) is 5.75 Å². The average Bonchev–Trinajstić information content (AvgIpc) is 2.40. The number of anilines is 1. The maximum absolute atomic E-state index is 12.9. The lowest BCUT2D eigenvalue weighted by atomic mass is 10.3. The Kier molecular flexibility index (Phi) is 6.44. The Morgan fingerprint density at radius 2 is 2.00 bits per heavy atom. The highest BCUT2D eigenvalue weighted by Gasteiger charge is 2.29. The van der Waals surface area contributed by atoms with Gasteiger partial charge < -0.3 is 15.2 Å². The molecule has 7 heteroatoms. The molecule has 1 aromatic rings. The molecule has 2 N–H and O–H groups in total. The molecule has 0 amide bonds. The van der Waals surface area contributed by atoms with Crippen LogP contribution in [0.4, 0.5) is 5.69 Å². The molecule has 1 rings (SSSR count). The van der Waals surface area contributed by atoms with Crippen molar-refractivity contribution in [1.29, 1.82) is 0 Å². The number of hydrogen-bond donors (Lipinski definition) is 1. The lowest BCUT2D eigenvalue weighted by Gasteiger charge is -2.26. The van der Waals surface area contributed by atoms with Crippen LogP contribution < -0.4 is 10.5 Å². The first-order valence-electron chi connectivity index (χ1n) is 6.87. The van der Waals surface area contributed by atoms with E-state index < -0.39 is 10.0 Å². The van der Waals surface area contributed by atoms with Crippen molar-refractivity contribution in [2.45, 2.75) is 31.7 Å². The van der Waals surface area contributed by atoms with Crippen molar-refractivity contribution in [2.75, 3.05) is 32.6 Å². The van der Waals surface area contributed by atoms with Gasteiger partial charge in [0.25, 0.3) is 0 Å². The van der Waals surface area contributed by atoms with E-state index in [0.29, 0.717) is 24.7 Å². The molecule has 0 aliphatic heterocycles. The fourth-order valence-corrected chi connectivity index (χ4v) is 3.75. The van der Waals surface area contributed by atoms with Gasteiger partial charge in [-0.1, -0.05) is 0 Å². The van der Waals surface area contributed by atoms with Crippen molar-refractivity contribution >= 4 is 15.7 Å². The lowest BCUT2D eigenvalue weighted by Crippen LogP contribution is -2.39. The summed E-state index contributed by atoms with van der Waals surface area (Å²) in [6.07, 6.45) is 0. The summed E-state index contributed by atoms with van der Waals surface area (Å²) in [6, 6.07) is 4.45. The van der Waals surface area contributed by atoms with E-state index in [0.717, 1.165) is 0 Å². The number of nitrogens with zero attached hydrogens (tertiary/aromatic N) is 1. The molecule has 0 saturated heterocycles. The van der Waals surface area contributed by atoms with E-state index in [2.05, 4.69) is 0 Å². The van der Waals surface area contributed by atoms with Gasteiger partial charge in [-0.2, -0.15) is 4.31 Å². The molecule has 0 saturated carbocycles. The molecule has 0 radical (unpaired) electrons. The minimum atomic E-state index is -3.70. The van der Waals surface area contributed by atoms with Gasteiger partial charge in [0, 0.05) is 25.4 Å². The van der Waals surface area contributed by atoms with Gasteiger partial charge in [0.2, 0.25) is 10.0 Å². The van der Waals surface area contributed by atoms with Gasteiger partial charge >= 0.3 is 0 Å². The zero-order chi connectivity index (χ0) is 16.0. The molecule has 120 valence electrons. The van der Waals surface area contributed by atoms with Crippen LogP contribution in [0.3, 0.4) is 0 Å². The van der Waals surface area contributed by atoms with Crippen molar-refractivity contribution in [2.24, 2.45) is 0 Å². The van der Waals surface area contributed by atoms with Gasteiger partial charge in [-0.05, 0) is 39.0 Å². The van der Waals surface area contributed by atoms with Gasteiger partial charge in [0.05, 0.1) is 13.2 Å². The van der Waals surface area contributed by atoms with Crippen molar-refractivity contribution in [3.63, 3.8) is 0 Å². The molecule has 0 heterocycles. The smallest absolute Gasteiger partial charge is 0.247 e. The van der Waals surface area contributed by atoms with Gasteiger partial charge in [-0.3, -0.25) is 0 Å². The molecular weight excluding hydrogens is 292 g/mol. The highest BCUT2D eigenvalue weighted by atomic mass is 32.2. The summed E-state index contributed by atoms with van der Waals surface area (Å²) in [7, 11) is -2.16. The van der Waals surface area contributed by atoms with Crippen LogP contribution >= 0.6 is 0 Å². The lowest BCUT2D eigenvalue weighted by molar-refractivity contribution is 0.170. The molecule has 0 unspecified atom stereocenters. The van der Waals surface area contributed by atoms with E-state index in [1.165, 1.54) is 17.5 Å². The summed E-state index contributed by atoms with van der Waals surface area (Å²) in [5.41, 5.74) is 6.12. The highest BCUT2D eigenvalue weighted by Crippen LogP contribution is 2.29. The monoisotopic (exact) mass is 316 g/mol. The number of sulfonamides is 1. The van der Waals surface area contributed by atoms with E-state index in [1.807, 2.05) is 13.8 Å². The molecule has 0 spiro atoms. The van der Waals surface area contributed by atoms with E-state index in [4.69, 9.17) is 15.2 Å². The summed E-state index contributed by atoms with van der Waals surface area (Å²) in [4.78, 5) is 0.0918. The maximum Gasteiger partial charge on any atom is 0.247 e. The van der Waals surface area contributed by atoms with Crippen LogP contribution in [0.15, 0.2) is 23.1 Å². The summed E-state index contributed by atoms with van der Waals surface area (Å²) >= 11 is 0. The average molecular weight is 316 g/mol. The number of rotatable bonds is 8. The molecule has 0 atom stereocenters. The van der Waals surface area contributed by atoms with Crippen molar-refractivity contribution in [3.05, 3.63) is 18.2 Å². The molecule has 6 nitrogen and oxygen atoms in total. The number of methoxy groups -OCH3 is 1. The normalized spacial score (nSPS) is 12.1. The molecule has 1 aromatic carbocycles. The maximum atomic E-state index is 12.9. The van der Waals surface area contributed by atoms with Gasteiger partial charge in [-0.15, -0.1) is 0 Å². The first kappa shape index (κ1) is 17.7. The zero-order valence-electron chi connectivity index (χ0n) is 13.0. The van der Waals surface area contributed by atoms with Crippen LogP contribution in [0.1, 0.15) is 20.8 Å². The summed E-state index contributed by atoms with van der Waals surface area (Å²) in [5.74, 6) is 0.315. The third-order valence-corrected chi connectivity index (χ3v) is 5.04. The fourth-order valence-electron chi connectivity index (χ4n) is 1.96. The third-order valence-electron chi connectivity index (χ3n) is 2.95. The second-order valence-corrected chi connectivity index (χ2v) is 6.70. The SMILES string of the molecule is CCOc1ccc(N)cc1S(=O)(=O)N(CCOC)C(C)C. The molecule has 0 aliphatic rings. The highest BCUT2D eigenvalue weighted by molar-refractivity contribution is 7.89. The predicted molar refractivity (Wildman–Crippen MR) is 82.9 cm³/mol. The quantitative estimate of drug-likeness (QED) is 0.738. The number of nitrogen functional groups attached to an aromatic ring is 1. The Morgan fingerprint density at radius 1 is 1.33 bits per heavy atom. The Balaban J connectivity index is 3.29. The predicted octanol–water partition coefficient (Wildman–Crippen LogP) is 1.71. The number of nitrogens with two attached hydrogens (primary N) is 1. The summed E-state index contributed by atoms with van der Waals surface area (Å²) in [6.45, 7) is 6.42. The van der Waals surface area contributed by atoms with Gasteiger partial charge in [-0.25, -0.2) is 8.42 Å². The van der Waals surface area contributed by atoms with Gasteiger partial charge in [0.15, 0.2) is 0 Å². The van der Waals surface area contributed by atoms with E-state index in [1.54, 1.807) is 19.1 Å². The summed E-state index contributed by atoms with van der Waals surface area (Å²) < 4.78 is 37.5. The van der Waals surface area contributed by atoms with Crippen molar-refractivity contribution in [1.82, 2.24) is 4.31 Å². The first-order chi connectivity index (χ1) is 9.84. The fraction of sp³-hybridized carbons (Fsp3) is 0.571. The second kappa shape index (κ2) is 7.63. The number of benzene rings is 1. The minimum Gasteiger partial charge on any atom is -0.492 e. The standard InChI is InChI=1S/C14H24N2O4S/c1-5-20-13-7-6-12(15)10-14(13)21(17,18)16(11(2)3)8-9-19-4/h6-7,10-11H,5,8-9,15H2,1-4H3. The minimum absolute atomic E-state index is 0.0918. The Labute approximate surface area is 126 Å². The number of hydrogen-bond acceptors (Lipinski definition) is 5. The Hall–Kier alpha value is -1.31. The van der Waals surface area contributed by atoms with E-state index in [9.17, 15) is 8.42 Å². The van der Waals surface area contributed by atoms with Crippen LogP contribution in [0.2, 0.25) is 0 Å². The van der Waals surface area contributed by atoms with Crippen LogP contribution in [0, 0.1) is 0 Å². The van der Waals surface area contributed by atoms with Crippen LogP contribution in [0.25, 0.3) is 0 Å². The molecule has 21 heavy (non-hydrogen) atoms. The Morgan fingerprint density at radius 3 is 2.52 bits per heavy atom. The molecular formula is C14H24N2O4S. The van der Waals surface area contributed by atoms with Crippen LogP contribution in [-0.4, -0.2) is 45.6 Å². The van der Waals surface area contributed by atoms with E-state index in [-0.39, 0.29) is 17.5 Å². The topological polar surface area (TPSA) is 81.9 Å². The van der Waals surface area contributed by atoms with E-state index >= 15 is 0 Å². The first-order valence-corrected chi connectivity index (χ1v) is 8.31. The van der Waals surface area contributed by atoms with Crippen molar-refractivity contribution < 1.29 is 17.9 Å². The van der Waals surface area contributed by atoms with Crippen LogP contribution in [-0.2, 0) is 14.8 Å². The largest absolute Gasteiger partial charge is 0.492 e. The molecule has 0 aliphatic carbocycles. The third kappa shape index (κ3) is 4.33. The Bertz CT molecular complexity index is 558. The molecule has 0 bridgehead atoms. The molecule has 0 fully saturated rings. The zero-order valence-corrected chi connectivity index (χ0v) is 13.8. The molecule has 0 aromatic heterocycles. The second-order valence-electron chi connectivity index (χ2n) is 4.84. The van der Waals surface area contributed by atoms with Gasteiger partial charge in [0.1, 0.15) is 10.6 Å².